The molecule has 3 rings (SSSR count). The predicted molar refractivity (Wildman–Crippen MR) is 80.0 cm³/mol. The van der Waals surface area contributed by atoms with Crippen molar-refractivity contribution in [3.63, 3.8) is 0 Å². The molecule has 0 aliphatic rings. The number of amides is 1. The van der Waals surface area contributed by atoms with Crippen LogP contribution in [0.1, 0.15) is 28.7 Å². The van der Waals surface area contributed by atoms with E-state index in [0.29, 0.717) is 12.2 Å². The van der Waals surface area contributed by atoms with Gasteiger partial charge in [-0.3, -0.25) is 14.2 Å². The Bertz CT molecular complexity index is 764. The third-order valence-electron chi connectivity index (χ3n) is 3.33. The molecule has 0 radical (unpaired) electrons. The third-order valence-corrected chi connectivity index (χ3v) is 3.33. The summed E-state index contributed by atoms with van der Waals surface area (Å²) in [5, 5.41) is 2.93. The minimum Gasteiger partial charge on any atom is -0.347 e. The highest BCUT2D eigenvalue weighted by atomic mass is 16.1. The molecular weight excluding hydrogens is 264 g/mol. The zero-order valence-electron chi connectivity index (χ0n) is 11.8. The summed E-state index contributed by atoms with van der Waals surface area (Å²) in [6.07, 6.45) is 6.04. The van der Waals surface area contributed by atoms with E-state index in [-0.39, 0.29) is 5.91 Å². The average molecular weight is 280 g/mol. The van der Waals surface area contributed by atoms with Crippen molar-refractivity contribution in [1.82, 2.24) is 19.7 Å². The van der Waals surface area contributed by atoms with Gasteiger partial charge in [0.05, 0.1) is 5.69 Å². The standard InChI is InChI=1S/C16H16N4O/c1-2-13-15(20-9-4-3-7-14(20)19-13)16(21)18-11-12-6-5-8-17-10-12/h3-10H,2,11H2,1H3,(H,18,21). The van der Waals surface area contributed by atoms with Crippen LogP contribution in [-0.2, 0) is 13.0 Å². The second-order valence-electron chi connectivity index (χ2n) is 4.73. The van der Waals surface area contributed by atoms with Crippen LogP contribution in [0.2, 0.25) is 0 Å². The molecule has 0 bridgehead atoms. The predicted octanol–water partition coefficient (Wildman–Crippen LogP) is 2.22. The van der Waals surface area contributed by atoms with Crippen molar-refractivity contribution >= 4 is 11.6 Å². The largest absolute Gasteiger partial charge is 0.347 e. The molecule has 3 aromatic rings. The van der Waals surface area contributed by atoms with Crippen molar-refractivity contribution in [2.75, 3.05) is 0 Å². The van der Waals surface area contributed by atoms with E-state index in [0.717, 1.165) is 23.3 Å². The van der Waals surface area contributed by atoms with Gasteiger partial charge in [0.25, 0.3) is 5.91 Å². The summed E-state index contributed by atoms with van der Waals surface area (Å²) in [5.74, 6) is -0.116. The number of hydrogen-bond acceptors (Lipinski definition) is 3. The van der Waals surface area contributed by atoms with Crippen molar-refractivity contribution in [3.05, 3.63) is 65.9 Å². The third kappa shape index (κ3) is 2.63. The Morgan fingerprint density at radius 1 is 1.29 bits per heavy atom. The van der Waals surface area contributed by atoms with Gasteiger partial charge in [-0.05, 0) is 30.2 Å². The molecule has 5 heteroatoms. The Balaban J connectivity index is 1.87. The number of fused-ring (bicyclic) bond motifs is 1. The van der Waals surface area contributed by atoms with Crippen LogP contribution in [0.4, 0.5) is 0 Å². The zero-order valence-corrected chi connectivity index (χ0v) is 11.8. The molecule has 3 heterocycles. The van der Waals surface area contributed by atoms with Crippen molar-refractivity contribution in [3.8, 4) is 0 Å². The zero-order chi connectivity index (χ0) is 14.7. The fourth-order valence-electron chi connectivity index (χ4n) is 2.30. The van der Waals surface area contributed by atoms with E-state index in [2.05, 4.69) is 15.3 Å². The Labute approximate surface area is 122 Å². The lowest BCUT2D eigenvalue weighted by atomic mass is 10.2. The summed E-state index contributed by atoms with van der Waals surface area (Å²) in [6.45, 7) is 2.45. The molecule has 0 saturated heterocycles. The minimum absolute atomic E-state index is 0.116. The molecule has 0 atom stereocenters. The van der Waals surface area contributed by atoms with Crippen LogP contribution >= 0.6 is 0 Å². The molecule has 0 aliphatic heterocycles. The number of hydrogen-bond donors (Lipinski definition) is 1. The van der Waals surface area contributed by atoms with Crippen LogP contribution in [0, 0.1) is 0 Å². The number of nitrogens with one attached hydrogen (secondary N) is 1. The summed E-state index contributed by atoms with van der Waals surface area (Å²) >= 11 is 0. The normalized spacial score (nSPS) is 10.7. The lowest BCUT2D eigenvalue weighted by Gasteiger charge is -2.06. The molecular formula is C16H16N4O. The van der Waals surface area contributed by atoms with E-state index in [1.165, 1.54) is 0 Å². The number of aromatic nitrogens is 3. The fourth-order valence-corrected chi connectivity index (χ4v) is 2.30. The maximum absolute atomic E-state index is 12.5. The molecule has 0 unspecified atom stereocenters. The second kappa shape index (κ2) is 5.75. The number of nitrogens with zero attached hydrogens (tertiary/aromatic N) is 3. The van der Waals surface area contributed by atoms with E-state index in [9.17, 15) is 4.79 Å². The van der Waals surface area contributed by atoms with E-state index in [4.69, 9.17) is 0 Å². The molecule has 0 fully saturated rings. The average Bonchev–Trinajstić information content (AvgIpc) is 2.92. The SMILES string of the molecule is CCc1nc2ccccn2c1C(=O)NCc1cccnc1. The summed E-state index contributed by atoms with van der Waals surface area (Å²) < 4.78 is 1.83. The first kappa shape index (κ1) is 13.3. The molecule has 3 aromatic heterocycles. The first-order chi connectivity index (χ1) is 10.3. The number of aryl methyl sites for hydroxylation is 1. The van der Waals surface area contributed by atoms with E-state index in [1.807, 2.05) is 47.9 Å². The lowest BCUT2D eigenvalue weighted by molar-refractivity contribution is 0.0944. The van der Waals surface area contributed by atoms with E-state index < -0.39 is 0 Å². The van der Waals surface area contributed by atoms with Gasteiger partial charge < -0.3 is 5.32 Å². The molecule has 1 amide bonds. The van der Waals surface area contributed by atoms with Gasteiger partial charge in [-0.2, -0.15) is 0 Å². The number of carbonyl (C=O) groups is 1. The summed E-state index contributed by atoms with van der Waals surface area (Å²) in [7, 11) is 0. The van der Waals surface area contributed by atoms with Gasteiger partial charge >= 0.3 is 0 Å². The van der Waals surface area contributed by atoms with Crippen LogP contribution in [-0.4, -0.2) is 20.3 Å². The molecule has 1 N–H and O–H groups in total. The Morgan fingerprint density at radius 3 is 2.95 bits per heavy atom. The minimum atomic E-state index is -0.116. The molecule has 5 nitrogen and oxygen atoms in total. The number of rotatable bonds is 4. The van der Waals surface area contributed by atoms with Crippen LogP contribution in [0.15, 0.2) is 48.9 Å². The number of carbonyl (C=O) groups excluding carboxylic acids is 1. The Kier molecular flexibility index (Phi) is 3.64. The molecule has 0 saturated carbocycles. The van der Waals surface area contributed by atoms with Crippen molar-refractivity contribution in [1.29, 1.82) is 0 Å². The van der Waals surface area contributed by atoms with Crippen molar-refractivity contribution < 1.29 is 4.79 Å². The Hall–Kier alpha value is -2.69. The first-order valence-electron chi connectivity index (χ1n) is 6.92. The van der Waals surface area contributed by atoms with Crippen molar-refractivity contribution in [2.45, 2.75) is 19.9 Å². The molecule has 0 spiro atoms. The molecule has 106 valence electrons. The van der Waals surface area contributed by atoms with Crippen LogP contribution in [0.25, 0.3) is 5.65 Å². The lowest BCUT2D eigenvalue weighted by Crippen LogP contribution is -2.25. The number of pyridine rings is 2. The highest BCUT2D eigenvalue weighted by molar-refractivity contribution is 5.94. The van der Waals surface area contributed by atoms with E-state index in [1.54, 1.807) is 12.4 Å². The molecule has 0 aromatic carbocycles. The maximum Gasteiger partial charge on any atom is 0.270 e. The highest BCUT2D eigenvalue weighted by Crippen LogP contribution is 2.13. The van der Waals surface area contributed by atoms with Gasteiger partial charge in [0, 0.05) is 25.1 Å². The van der Waals surface area contributed by atoms with Gasteiger partial charge in [-0.15, -0.1) is 0 Å². The fraction of sp³-hybridized carbons (Fsp3) is 0.188. The monoisotopic (exact) mass is 280 g/mol. The number of imidazole rings is 1. The first-order valence-corrected chi connectivity index (χ1v) is 6.92. The smallest absolute Gasteiger partial charge is 0.270 e. The van der Waals surface area contributed by atoms with Crippen LogP contribution < -0.4 is 5.32 Å². The van der Waals surface area contributed by atoms with Gasteiger partial charge in [-0.1, -0.05) is 19.1 Å². The van der Waals surface area contributed by atoms with Crippen LogP contribution in [0.3, 0.4) is 0 Å². The van der Waals surface area contributed by atoms with Gasteiger partial charge in [0.2, 0.25) is 0 Å². The van der Waals surface area contributed by atoms with Gasteiger partial charge in [0.15, 0.2) is 0 Å². The summed E-state index contributed by atoms with van der Waals surface area (Å²) in [4.78, 5) is 21.0. The molecule has 21 heavy (non-hydrogen) atoms. The quantitative estimate of drug-likeness (QED) is 0.797. The summed E-state index contributed by atoms with van der Waals surface area (Å²) in [5.41, 5.74) is 3.18. The van der Waals surface area contributed by atoms with Gasteiger partial charge in [-0.25, -0.2) is 4.98 Å². The van der Waals surface area contributed by atoms with Crippen molar-refractivity contribution in [2.24, 2.45) is 0 Å². The van der Waals surface area contributed by atoms with Gasteiger partial charge in [0.1, 0.15) is 11.3 Å². The Morgan fingerprint density at radius 2 is 2.19 bits per heavy atom. The summed E-state index contributed by atoms with van der Waals surface area (Å²) in [6, 6.07) is 9.50. The highest BCUT2D eigenvalue weighted by Gasteiger charge is 2.17. The van der Waals surface area contributed by atoms with Crippen LogP contribution in [0.5, 0.6) is 0 Å². The van der Waals surface area contributed by atoms with E-state index >= 15 is 0 Å². The second-order valence-corrected chi connectivity index (χ2v) is 4.73. The maximum atomic E-state index is 12.5. The molecule has 0 aliphatic carbocycles. The topological polar surface area (TPSA) is 59.3 Å².